The number of esters is 2. The molecule has 0 spiro atoms. The number of carbonyl (C=O) groups is 2. The van der Waals surface area contributed by atoms with Crippen LogP contribution >= 0.6 is 0 Å². The van der Waals surface area contributed by atoms with Crippen LogP contribution in [0, 0.1) is 0 Å². The first-order valence-electron chi connectivity index (χ1n) is 6.10. The summed E-state index contributed by atoms with van der Waals surface area (Å²) >= 11 is 0. The summed E-state index contributed by atoms with van der Waals surface area (Å²) in [5, 5.41) is 2.66. The van der Waals surface area contributed by atoms with E-state index >= 15 is 0 Å². The number of anilines is 1. The summed E-state index contributed by atoms with van der Waals surface area (Å²) in [4.78, 5) is 23.3. The molecular weight excluding hydrogens is 284 g/mol. The van der Waals surface area contributed by atoms with E-state index < -0.39 is 24.2 Å². The maximum absolute atomic E-state index is 12.4. The minimum Gasteiger partial charge on any atom is -0.419 e. The van der Waals surface area contributed by atoms with Crippen molar-refractivity contribution in [2.45, 2.75) is 26.1 Å². The van der Waals surface area contributed by atoms with Crippen LogP contribution in [0.25, 0.3) is 0 Å². The van der Waals surface area contributed by atoms with Crippen molar-refractivity contribution in [2.24, 2.45) is 0 Å². The Labute approximate surface area is 119 Å². The minimum atomic E-state index is -2.55. The lowest BCUT2D eigenvalue weighted by Gasteiger charge is -2.29. The van der Waals surface area contributed by atoms with E-state index in [9.17, 15) is 18.4 Å². The average Bonchev–Trinajstić information content (AvgIpc) is 2.36. The molecule has 5 nitrogen and oxygen atoms in total. The Hall–Kier alpha value is -2.44. The molecule has 112 valence electrons. The molecule has 1 aliphatic rings. The predicted molar refractivity (Wildman–Crippen MR) is 69.4 cm³/mol. The Kier molecular flexibility index (Phi) is 3.93. The highest BCUT2D eigenvalue weighted by atomic mass is 19.3. The van der Waals surface area contributed by atoms with Gasteiger partial charge in [-0.25, -0.2) is 18.4 Å². The number of ether oxygens (including phenoxy) is 2. The second-order valence-corrected chi connectivity index (χ2v) is 4.80. The summed E-state index contributed by atoms with van der Waals surface area (Å²) in [6.07, 6.45) is -1.43. The van der Waals surface area contributed by atoms with Gasteiger partial charge in [0.1, 0.15) is 0 Å². The van der Waals surface area contributed by atoms with Gasteiger partial charge in [0.15, 0.2) is 5.57 Å². The van der Waals surface area contributed by atoms with E-state index in [0.29, 0.717) is 5.69 Å². The van der Waals surface area contributed by atoms with E-state index in [-0.39, 0.29) is 11.1 Å². The molecular formula is C14H13F2NO4. The van der Waals surface area contributed by atoms with Gasteiger partial charge in [0, 0.05) is 31.3 Å². The van der Waals surface area contributed by atoms with E-state index in [1.54, 1.807) is 0 Å². The molecule has 2 rings (SSSR count). The van der Waals surface area contributed by atoms with Gasteiger partial charge in [0.2, 0.25) is 0 Å². The molecule has 0 aliphatic carbocycles. The molecule has 7 heteroatoms. The molecule has 0 radical (unpaired) electrons. The quantitative estimate of drug-likeness (QED) is 0.528. The van der Waals surface area contributed by atoms with E-state index in [1.165, 1.54) is 38.1 Å². The molecule has 1 N–H and O–H groups in total. The number of rotatable bonds is 3. The third kappa shape index (κ3) is 3.56. The lowest BCUT2D eigenvalue weighted by Crippen LogP contribution is -2.42. The number of hydrogen-bond donors (Lipinski definition) is 1. The Morgan fingerprint density at radius 2 is 1.62 bits per heavy atom. The first-order chi connectivity index (χ1) is 9.78. The van der Waals surface area contributed by atoms with E-state index in [0.717, 1.165) is 6.20 Å². The Bertz CT molecular complexity index is 571. The van der Waals surface area contributed by atoms with Crippen LogP contribution in [-0.2, 0) is 19.1 Å². The van der Waals surface area contributed by atoms with Gasteiger partial charge in [0.25, 0.3) is 12.2 Å². The lowest BCUT2D eigenvalue weighted by atomic mass is 10.2. The van der Waals surface area contributed by atoms with Crippen LogP contribution in [0.4, 0.5) is 14.5 Å². The van der Waals surface area contributed by atoms with Crippen molar-refractivity contribution in [1.29, 1.82) is 0 Å². The molecule has 1 fully saturated rings. The summed E-state index contributed by atoms with van der Waals surface area (Å²) in [5.74, 6) is -2.93. The number of hydrogen-bond acceptors (Lipinski definition) is 5. The van der Waals surface area contributed by atoms with E-state index in [1.807, 2.05) is 0 Å². The van der Waals surface area contributed by atoms with Crippen molar-refractivity contribution >= 4 is 17.6 Å². The maximum Gasteiger partial charge on any atom is 0.350 e. The normalized spacial score (nSPS) is 17.3. The van der Waals surface area contributed by atoms with Crippen LogP contribution < -0.4 is 5.32 Å². The highest BCUT2D eigenvalue weighted by molar-refractivity contribution is 6.15. The number of carbonyl (C=O) groups excluding carboxylic acids is 2. The molecule has 0 bridgehead atoms. The Balaban J connectivity index is 2.10. The zero-order chi connectivity index (χ0) is 15.6. The van der Waals surface area contributed by atoms with Gasteiger partial charge in [-0.05, 0) is 12.1 Å². The number of alkyl halides is 2. The molecule has 0 atom stereocenters. The van der Waals surface area contributed by atoms with Gasteiger partial charge in [-0.2, -0.15) is 0 Å². The van der Waals surface area contributed by atoms with Gasteiger partial charge >= 0.3 is 11.9 Å². The fraction of sp³-hybridized carbons (Fsp3) is 0.286. The van der Waals surface area contributed by atoms with E-state index in [2.05, 4.69) is 5.32 Å². The fourth-order valence-electron chi connectivity index (χ4n) is 1.66. The number of cyclic esters (lactones) is 2. The maximum atomic E-state index is 12.4. The molecule has 1 aromatic rings. The van der Waals surface area contributed by atoms with Crippen LogP contribution in [-0.4, -0.2) is 17.7 Å². The first kappa shape index (κ1) is 15.0. The third-order valence-electron chi connectivity index (χ3n) is 2.66. The predicted octanol–water partition coefficient (Wildman–Crippen LogP) is 2.76. The van der Waals surface area contributed by atoms with Gasteiger partial charge in [-0.3, -0.25) is 0 Å². The van der Waals surface area contributed by atoms with Crippen molar-refractivity contribution in [3.63, 3.8) is 0 Å². The van der Waals surface area contributed by atoms with Crippen LogP contribution in [0.2, 0.25) is 0 Å². The van der Waals surface area contributed by atoms with Crippen molar-refractivity contribution in [3.8, 4) is 0 Å². The smallest absolute Gasteiger partial charge is 0.350 e. The Morgan fingerprint density at radius 3 is 2.10 bits per heavy atom. The third-order valence-corrected chi connectivity index (χ3v) is 2.66. The minimum absolute atomic E-state index is 0.119. The monoisotopic (exact) mass is 297 g/mol. The topological polar surface area (TPSA) is 64.6 Å². The molecule has 1 saturated heterocycles. The first-order valence-corrected chi connectivity index (χ1v) is 6.10. The van der Waals surface area contributed by atoms with E-state index in [4.69, 9.17) is 9.47 Å². The molecule has 1 heterocycles. The highest BCUT2D eigenvalue weighted by Crippen LogP contribution is 2.23. The SMILES string of the molecule is CC1(C)OC(=O)C(=CNc2ccc(C(F)F)cc2)C(=O)O1. The largest absolute Gasteiger partial charge is 0.419 e. The molecule has 0 amide bonds. The van der Waals surface area contributed by atoms with Crippen LogP contribution in [0.1, 0.15) is 25.8 Å². The van der Waals surface area contributed by atoms with Crippen LogP contribution in [0.3, 0.4) is 0 Å². The lowest BCUT2D eigenvalue weighted by molar-refractivity contribution is -0.222. The van der Waals surface area contributed by atoms with Gasteiger partial charge in [-0.1, -0.05) is 12.1 Å². The standard InChI is InChI=1S/C14H13F2NO4/c1-14(2)20-12(18)10(13(19)21-14)7-17-9-5-3-8(4-6-9)11(15)16/h3-7,11,17H,1-2H3. The summed E-state index contributed by atoms with van der Waals surface area (Å²) in [6, 6.07) is 5.29. The highest BCUT2D eigenvalue weighted by Gasteiger charge is 2.38. The van der Waals surface area contributed by atoms with Crippen molar-refractivity contribution in [3.05, 3.63) is 41.6 Å². The summed E-state index contributed by atoms with van der Waals surface area (Å²) < 4.78 is 34.6. The van der Waals surface area contributed by atoms with Gasteiger partial charge in [-0.15, -0.1) is 0 Å². The molecule has 1 aromatic carbocycles. The number of nitrogens with one attached hydrogen (secondary N) is 1. The summed E-state index contributed by atoms with van der Waals surface area (Å²) in [7, 11) is 0. The molecule has 0 aromatic heterocycles. The second-order valence-electron chi connectivity index (χ2n) is 4.80. The summed E-state index contributed by atoms with van der Waals surface area (Å²) in [6.45, 7) is 2.88. The number of halogens is 2. The average molecular weight is 297 g/mol. The molecule has 1 aliphatic heterocycles. The van der Waals surface area contributed by atoms with Crippen LogP contribution in [0.5, 0.6) is 0 Å². The van der Waals surface area contributed by atoms with Crippen molar-refractivity contribution in [2.75, 3.05) is 5.32 Å². The summed E-state index contributed by atoms with van der Waals surface area (Å²) in [5.41, 5.74) is 0.0241. The molecule has 21 heavy (non-hydrogen) atoms. The molecule has 0 unspecified atom stereocenters. The second kappa shape index (κ2) is 5.51. The number of benzene rings is 1. The molecule has 0 saturated carbocycles. The van der Waals surface area contributed by atoms with Gasteiger partial charge < -0.3 is 14.8 Å². The van der Waals surface area contributed by atoms with Gasteiger partial charge in [0.05, 0.1) is 0 Å². The Morgan fingerprint density at radius 1 is 1.10 bits per heavy atom. The fourth-order valence-corrected chi connectivity index (χ4v) is 1.66. The zero-order valence-electron chi connectivity index (χ0n) is 11.4. The van der Waals surface area contributed by atoms with Crippen molar-refractivity contribution in [1.82, 2.24) is 0 Å². The van der Waals surface area contributed by atoms with Crippen LogP contribution in [0.15, 0.2) is 36.0 Å². The zero-order valence-corrected chi connectivity index (χ0v) is 11.4. The van der Waals surface area contributed by atoms with Crippen molar-refractivity contribution < 1.29 is 27.8 Å².